The van der Waals surface area contributed by atoms with Crippen LogP contribution in [-0.4, -0.2) is 24.2 Å². The van der Waals surface area contributed by atoms with E-state index >= 15 is 0 Å². The van der Waals surface area contributed by atoms with Crippen molar-refractivity contribution in [2.75, 3.05) is 18.5 Å². The molecular weight excluding hydrogens is 326 g/mol. The van der Waals surface area contributed by atoms with E-state index in [1.807, 2.05) is 66.7 Å². The molecule has 1 amide bonds. The number of hydrogen-bond donors (Lipinski definition) is 2. The van der Waals surface area contributed by atoms with Gasteiger partial charge < -0.3 is 15.2 Å². The highest BCUT2D eigenvalue weighted by molar-refractivity contribution is 5.96. The maximum absolute atomic E-state index is 12.3. The van der Waals surface area contributed by atoms with Gasteiger partial charge in [0.25, 0.3) is 5.91 Å². The minimum absolute atomic E-state index is 0.0670. The summed E-state index contributed by atoms with van der Waals surface area (Å²) in [6.07, 6.45) is 0.608. The van der Waals surface area contributed by atoms with Gasteiger partial charge in [0, 0.05) is 17.9 Å². The Kier molecular flexibility index (Phi) is 6.01. The average molecular weight is 347 g/mol. The van der Waals surface area contributed by atoms with Crippen LogP contribution in [0.4, 0.5) is 5.69 Å². The van der Waals surface area contributed by atoms with Crippen molar-refractivity contribution in [1.29, 1.82) is 0 Å². The van der Waals surface area contributed by atoms with E-state index < -0.39 is 0 Å². The zero-order valence-corrected chi connectivity index (χ0v) is 14.4. The lowest BCUT2D eigenvalue weighted by Crippen LogP contribution is -2.20. The SMILES string of the molecule is O=C(COc1ccc(CCO)cc1)Nc1ccccc1-c1ccccc1. The second kappa shape index (κ2) is 8.83. The lowest BCUT2D eigenvalue weighted by molar-refractivity contribution is -0.118. The molecule has 0 aliphatic carbocycles. The number of carbonyl (C=O) groups is 1. The first kappa shape index (κ1) is 17.7. The third kappa shape index (κ3) is 4.71. The third-order valence-electron chi connectivity index (χ3n) is 3.98. The average Bonchev–Trinajstić information content (AvgIpc) is 2.69. The van der Waals surface area contributed by atoms with E-state index in [0.29, 0.717) is 12.2 Å². The van der Waals surface area contributed by atoms with Gasteiger partial charge in [0.2, 0.25) is 0 Å². The fourth-order valence-electron chi connectivity index (χ4n) is 2.68. The number of benzene rings is 3. The molecule has 4 heteroatoms. The van der Waals surface area contributed by atoms with Crippen LogP contribution in [0.3, 0.4) is 0 Å². The zero-order valence-electron chi connectivity index (χ0n) is 14.4. The molecule has 3 rings (SSSR count). The van der Waals surface area contributed by atoms with Gasteiger partial charge in [-0.05, 0) is 35.7 Å². The van der Waals surface area contributed by atoms with Crippen LogP contribution in [-0.2, 0) is 11.2 Å². The quantitative estimate of drug-likeness (QED) is 0.681. The van der Waals surface area contributed by atoms with E-state index in [9.17, 15) is 4.79 Å². The van der Waals surface area contributed by atoms with Crippen molar-refractivity contribution in [1.82, 2.24) is 0 Å². The van der Waals surface area contributed by atoms with Crippen molar-refractivity contribution in [2.45, 2.75) is 6.42 Å². The molecule has 0 radical (unpaired) electrons. The Morgan fingerprint density at radius 3 is 2.31 bits per heavy atom. The fraction of sp³-hybridized carbons (Fsp3) is 0.136. The summed E-state index contributed by atoms with van der Waals surface area (Å²) in [7, 11) is 0. The third-order valence-corrected chi connectivity index (χ3v) is 3.98. The summed E-state index contributed by atoms with van der Waals surface area (Å²) in [6, 6.07) is 25.0. The molecule has 0 saturated heterocycles. The van der Waals surface area contributed by atoms with E-state index in [-0.39, 0.29) is 19.1 Å². The van der Waals surface area contributed by atoms with Crippen molar-refractivity contribution in [2.24, 2.45) is 0 Å². The summed E-state index contributed by atoms with van der Waals surface area (Å²) < 4.78 is 5.54. The number of aliphatic hydroxyl groups excluding tert-OH is 1. The second-order valence-corrected chi connectivity index (χ2v) is 5.87. The van der Waals surface area contributed by atoms with Crippen molar-refractivity contribution < 1.29 is 14.6 Å². The van der Waals surface area contributed by atoms with Gasteiger partial charge >= 0.3 is 0 Å². The number of aliphatic hydroxyl groups is 1. The normalized spacial score (nSPS) is 10.3. The predicted molar refractivity (Wildman–Crippen MR) is 103 cm³/mol. The Hall–Kier alpha value is -3.11. The van der Waals surface area contributed by atoms with Gasteiger partial charge in [-0.15, -0.1) is 0 Å². The molecule has 4 nitrogen and oxygen atoms in total. The van der Waals surface area contributed by atoms with Crippen LogP contribution in [0.15, 0.2) is 78.9 Å². The smallest absolute Gasteiger partial charge is 0.262 e. The number of nitrogens with one attached hydrogen (secondary N) is 1. The van der Waals surface area contributed by atoms with Gasteiger partial charge in [-0.2, -0.15) is 0 Å². The van der Waals surface area contributed by atoms with Crippen molar-refractivity contribution in [3.8, 4) is 16.9 Å². The minimum Gasteiger partial charge on any atom is -0.484 e. The first-order chi connectivity index (χ1) is 12.8. The molecule has 0 fully saturated rings. The molecule has 3 aromatic rings. The number of amides is 1. The number of para-hydroxylation sites is 1. The van der Waals surface area contributed by atoms with Crippen LogP contribution in [0.5, 0.6) is 5.75 Å². The molecule has 132 valence electrons. The van der Waals surface area contributed by atoms with Crippen LogP contribution < -0.4 is 10.1 Å². The van der Waals surface area contributed by atoms with E-state index in [0.717, 1.165) is 22.4 Å². The first-order valence-corrected chi connectivity index (χ1v) is 8.53. The van der Waals surface area contributed by atoms with Crippen LogP contribution >= 0.6 is 0 Å². The Balaban J connectivity index is 1.62. The second-order valence-electron chi connectivity index (χ2n) is 5.87. The van der Waals surface area contributed by atoms with E-state index in [1.54, 1.807) is 12.1 Å². The predicted octanol–water partition coefficient (Wildman–Crippen LogP) is 3.91. The highest BCUT2D eigenvalue weighted by Crippen LogP contribution is 2.27. The molecule has 3 aromatic carbocycles. The summed E-state index contributed by atoms with van der Waals surface area (Å²) in [5.74, 6) is 0.408. The molecule has 0 unspecified atom stereocenters. The Bertz CT molecular complexity index is 845. The highest BCUT2D eigenvalue weighted by Gasteiger charge is 2.09. The van der Waals surface area contributed by atoms with Crippen molar-refractivity contribution >= 4 is 11.6 Å². The van der Waals surface area contributed by atoms with Gasteiger partial charge in [-0.1, -0.05) is 60.7 Å². The number of rotatable bonds is 7. The molecule has 0 aromatic heterocycles. The Morgan fingerprint density at radius 1 is 0.885 bits per heavy atom. The molecule has 0 bridgehead atoms. The molecule has 0 aliphatic rings. The summed E-state index contributed by atoms with van der Waals surface area (Å²) in [4.78, 5) is 12.3. The molecule has 0 spiro atoms. The summed E-state index contributed by atoms with van der Waals surface area (Å²) in [5.41, 5.74) is 3.80. The fourth-order valence-corrected chi connectivity index (χ4v) is 2.68. The maximum Gasteiger partial charge on any atom is 0.262 e. The zero-order chi connectivity index (χ0) is 18.2. The molecular formula is C22H21NO3. The summed E-state index contributed by atoms with van der Waals surface area (Å²) in [5, 5.41) is 11.8. The first-order valence-electron chi connectivity index (χ1n) is 8.53. The lowest BCUT2D eigenvalue weighted by atomic mass is 10.0. The van der Waals surface area contributed by atoms with Gasteiger partial charge in [0.1, 0.15) is 5.75 Å². The number of anilines is 1. The molecule has 0 aliphatic heterocycles. The summed E-state index contributed by atoms with van der Waals surface area (Å²) >= 11 is 0. The molecule has 2 N–H and O–H groups in total. The Labute approximate surface area is 153 Å². The van der Waals surface area contributed by atoms with Crippen molar-refractivity contribution in [3.63, 3.8) is 0 Å². The lowest BCUT2D eigenvalue weighted by Gasteiger charge is -2.12. The van der Waals surface area contributed by atoms with E-state index in [1.165, 1.54) is 0 Å². The number of carbonyl (C=O) groups excluding carboxylic acids is 1. The maximum atomic E-state index is 12.3. The number of hydrogen-bond acceptors (Lipinski definition) is 3. The minimum atomic E-state index is -0.215. The van der Waals surface area contributed by atoms with Gasteiger partial charge in [0.15, 0.2) is 6.61 Å². The van der Waals surface area contributed by atoms with Crippen LogP contribution in [0.25, 0.3) is 11.1 Å². The van der Waals surface area contributed by atoms with Gasteiger partial charge in [0.05, 0.1) is 0 Å². The topological polar surface area (TPSA) is 58.6 Å². The molecule has 0 saturated carbocycles. The summed E-state index contributed by atoms with van der Waals surface area (Å²) in [6.45, 7) is 0.0475. The standard InChI is InChI=1S/C22H21NO3/c24-15-14-17-10-12-19(13-11-17)26-16-22(25)23-21-9-5-4-8-20(21)18-6-2-1-3-7-18/h1-13,24H,14-16H2,(H,23,25). The molecule has 26 heavy (non-hydrogen) atoms. The largest absolute Gasteiger partial charge is 0.484 e. The molecule has 0 atom stereocenters. The number of ether oxygens (including phenoxy) is 1. The van der Waals surface area contributed by atoms with Gasteiger partial charge in [-0.25, -0.2) is 0 Å². The van der Waals surface area contributed by atoms with Gasteiger partial charge in [-0.3, -0.25) is 4.79 Å². The highest BCUT2D eigenvalue weighted by atomic mass is 16.5. The van der Waals surface area contributed by atoms with Crippen LogP contribution in [0, 0.1) is 0 Å². The van der Waals surface area contributed by atoms with E-state index in [2.05, 4.69) is 5.32 Å². The molecule has 0 heterocycles. The monoisotopic (exact) mass is 347 g/mol. The van der Waals surface area contributed by atoms with Crippen molar-refractivity contribution in [3.05, 3.63) is 84.4 Å². The van der Waals surface area contributed by atoms with E-state index in [4.69, 9.17) is 9.84 Å². The van der Waals surface area contributed by atoms with Crippen LogP contribution in [0.2, 0.25) is 0 Å². The van der Waals surface area contributed by atoms with Crippen LogP contribution in [0.1, 0.15) is 5.56 Å². The Morgan fingerprint density at radius 2 is 1.58 bits per heavy atom.